The normalized spacial score (nSPS) is 11.8. The van der Waals surface area contributed by atoms with Gasteiger partial charge in [0, 0.05) is 12.5 Å². The van der Waals surface area contributed by atoms with E-state index in [4.69, 9.17) is 0 Å². The van der Waals surface area contributed by atoms with Crippen molar-refractivity contribution >= 4 is 22.2 Å². The van der Waals surface area contributed by atoms with E-state index in [0.717, 1.165) is 16.5 Å². The number of halogens is 1. The molecule has 72 valence electrons. The number of nitrogens with zero attached hydrogens (tertiary/aromatic N) is 2. The Kier molecular flexibility index (Phi) is 2.61. The number of rotatable bonds is 1. The Bertz CT molecular complexity index is 336. The van der Waals surface area contributed by atoms with Gasteiger partial charge in [0.1, 0.15) is 5.69 Å². The maximum atomic E-state index is 10.7. The van der Waals surface area contributed by atoms with Crippen molar-refractivity contribution in [2.75, 3.05) is 0 Å². The monoisotopic (exact) mass is 244 g/mol. The zero-order chi connectivity index (χ0) is 10.2. The van der Waals surface area contributed by atoms with Crippen molar-refractivity contribution in [3.05, 3.63) is 15.9 Å². The first kappa shape index (κ1) is 10.4. The lowest BCUT2D eigenvalue weighted by Gasteiger charge is -2.15. The fraction of sp³-hybridized carbons (Fsp3) is 0.556. The summed E-state index contributed by atoms with van der Waals surface area (Å²) in [5.74, 6) is 0. The van der Waals surface area contributed by atoms with E-state index in [-0.39, 0.29) is 5.41 Å². The highest BCUT2D eigenvalue weighted by atomic mass is 79.9. The Morgan fingerprint density at radius 3 is 2.23 bits per heavy atom. The van der Waals surface area contributed by atoms with Gasteiger partial charge in [-0.25, -0.2) is 0 Å². The second kappa shape index (κ2) is 3.25. The molecule has 0 amide bonds. The van der Waals surface area contributed by atoms with Crippen LogP contribution in [0.15, 0.2) is 4.47 Å². The molecule has 4 heteroatoms. The van der Waals surface area contributed by atoms with Gasteiger partial charge < -0.3 is 0 Å². The molecule has 0 spiro atoms. The molecule has 1 rings (SSSR count). The molecule has 1 aromatic heterocycles. The van der Waals surface area contributed by atoms with Crippen LogP contribution >= 0.6 is 15.9 Å². The lowest BCUT2D eigenvalue weighted by molar-refractivity contribution is 0.111. The van der Waals surface area contributed by atoms with Crippen molar-refractivity contribution in [1.29, 1.82) is 0 Å². The lowest BCUT2D eigenvalue weighted by atomic mass is 9.92. The van der Waals surface area contributed by atoms with Crippen molar-refractivity contribution in [2.24, 2.45) is 7.05 Å². The highest BCUT2D eigenvalue weighted by Gasteiger charge is 2.23. The molecule has 0 atom stereocenters. The van der Waals surface area contributed by atoms with E-state index in [9.17, 15) is 4.79 Å². The standard InChI is InChI=1S/C9H13BrN2O/c1-9(2,3)8-7(10)6(5-13)12(4)11-8/h5H,1-4H3. The quantitative estimate of drug-likeness (QED) is 0.711. The Balaban J connectivity index is 3.34. The highest BCUT2D eigenvalue weighted by molar-refractivity contribution is 9.10. The molecule has 0 saturated carbocycles. The summed E-state index contributed by atoms with van der Waals surface area (Å²) < 4.78 is 2.40. The van der Waals surface area contributed by atoms with E-state index >= 15 is 0 Å². The largest absolute Gasteiger partial charge is 0.296 e. The molecule has 1 aromatic rings. The van der Waals surface area contributed by atoms with E-state index in [0.29, 0.717) is 5.69 Å². The van der Waals surface area contributed by atoms with Gasteiger partial charge in [-0.05, 0) is 15.9 Å². The SMILES string of the molecule is Cn1nc(C(C)(C)C)c(Br)c1C=O. The number of carbonyl (C=O) groups excluding carboxylic acids is 1. The average molecular weight is 245 g/mol. The van der Waals surface area contributed by atoms with Gasteiger partial charge in [0.15, 0.2) is 6.29 Å². The second-order valence-corrected chi connectivity index (χ2v) is 4.83. The van der Waals surface area contributed by atoms with Crippen molar-refractivity contribution < 1.29 is 4.79 Å². The van der Waals surface area contributed by atoms with Crippen LogP contribution in [0.3, 0.4) is 0 Å². The van der Waals surface area contributed by atoms with Crippen molar-refractivity contribution in [3.8, 4) is 0 Å². The molecule has 0 aromatic carbocycles. The van der Waals surface area contributed by atoms with E-state index in [1.54, 1.807) is 11.7 Å². The van der Waals surface area contributed by atoms with Crippen LogP contribution in [0.4, 0.5) is 0 Å². The summed E-state index contributed by atoms with van der Waals surface area (Å²) in [6.07, 6.45) is 0.812. The van der Waals surface area contributed by atoms with Crippen LogP contribution in [0, 0.1) is 0 Å². The van der Waals surface area contributed by atoms with Gasteiger partial charge in [0.2, 0.25) is 0 Å². The fourth-order valence-electron chi connectivity index (χ4n) is 1.12. The zero-order valence-electron chi connectivity index (χ0n) is 8.26. The van der Waals surface area contributed by atoms with E-state index in [2.05, 4.69) is 41.8 Å². The number of hydrogen-bond acceptors (Lipinski definition) is 2. The topological polar surface area (TPSA) is 34.9 Å². The summed E-state index contributed by atoms with van der Waals surface area (Å²) in [6.45, 7) is 6.19. The first-order valence-electron chi connectivity index (χ1n) is 4.06. The van der Waals surface area contributed by atoms with Gasteiger partial charge in [0.05, 0.1) is 10.2 Å². The summed E-state index contributed by atoms with van der Waals surface area (Å²) in [4.78, 5) is 10.7. The summed E-state index contributed by atoms with van der Waals surface area (Å²) in [5, 5.41) is 4.29. The number of carbonyl (C=O) groups is 1. The maximum absolute atomic E-state index is 10.7. The molecule has 3 nitrogen and oxygen atoms in total. The van der Waals surface area contributed by atoms with Gasteiger partial charge in [-0.15, -0.1) is 0 Å². The van der Waals surface area contributed by atoms with Gasteiger partial charge in [-0.3, -0.25) is 9.48 Å². The van der Waals surface area contributed by atoms with Crippen molar-refractivity contribution in [1.82, 2.24) is 9.78 Å². The van der Waals surface area contributed by atoms with E-state index < -0.39 is 0 Å². The van der Waals surface area contributed by atoms with E-state index in [1.807, 2.05) is 0 Å². The minimum atomic E-state index is -0.0438. The Morgan fingerprint density at radius 2 is 2.00 bits per heavy atom. The number of aryl methyl sites for hydroxylation is 1. The zero-order valence-corrected chi connectivity index (χ0v) is 9.84. The smallest absolute Gasteiger partial charge is 0.169 e. The van der Waals surface area contributed by atoms with Crippen LogP contribution in [0.5, 0.6) is 0 Å². The van der Waals surface area contributed by atoms with E-state index in [1.165, 1.54) is 0 Å². The third-order valence-corrected chi connectivity index (χ3v) is 2.64. The van der Waals surface area contributed by atoms with Crippen LogP contribution in [0.2, 0.25) is 0 Å². The molecule has 0 unspecified atom stereocenters. The minimum Gasteiger partial charge on any atom is -0.296 e. The second-order valence-electron chi connectivity index (χ2n) is 4.04. The first-order chi connectivity index (χ1) is 5.88. The third-order valence-electron chi connectivity index (χ3n) is 1.85. The Hall–Kier alpha value is -0.640. The van der Waals surface area contributed by atoms with Crippen molar-refractivity contribution in [3.63, 3.8) is 0 Å². The minimum absolute atomic E-state index is 0.0438. The highest BCUT2D eigenvalue weighted by Crippen LogP contribution is 2.30. The molecule has 0 N–H and O–H groups in total. The maximum Gasteiger partial charge on any atom is 0.169 e. The molecule has 0 fully saturated rings. The molecule has 0 aliphatic rings. The molecule has 0 aliphatic carbocycles. The molecule has 0 bridgehead atoms. The Morgan fingerprint density at radius 1 is 1.46 bits per heavy atom. The lowest BCUT2D eigenvalue weighted by Crippen LogP contribution is -2.13. The summed E-state index contributed by atoms with van der Waals surface area (Å²) in [5.41, 5.74) is 1.46. The molecule has 0 saturated heterocycles. The van der Waals surface area contributed by atoms with Crippen LogP contribution in [0.1, 0.15) is 37.0 Å². The first-order valence-corrected chi connectivity index (χ1v) is 4.85. The molecule has 0 aliphatic heterocycles. The van der Waals surface area contributed by atoms with Gasteiger partial charge >= 0.3 is 0 Å². The molecule has 1 heterocycles. The molecular weight excluding hydrogens is 232 g/mol. The fourth-order valence-corrected chi connectivity index (χ4v) is 2.14. The van der Waals surface area contributed by atoms with Crippen LogP contribution < -0.4 is 0 Å². The van der Waals surface area contributed by atoms with Crippen LogP contribution in [-0.4, -0.2) is 16.1 Å². The molecular formula is C9H13BrN2O. The molecule has 0 radical (unpaired) electrons. The third kappa shape index (κ3) is 1.82. The van der Waals surface area contributed by atoms with Crippen molar-refractivity contribution in [2.45, 2.75) is 26.2 Å². The number of hydrogen-bond donors (Lipinski definition) is 0. The van der Waals surface area contributed by atoms with Crippen LogP contribution in [-0.2, 0) is 12.5 Å². The molecule has 13 heavy (non-hydrogen) atoms. The number of aldehydes is 1. The van der Waals surface area contributed by atoms with Crippen LogP contribution in [0.25, 0.3) is 0 Å². The predicted octanol–water partition coefficient (Wildman–Crippen LogP) is 2.29. The summed E-state index contributed by atoms with van der Waals surface area (Å²) in [7, 11) is 1.77. The average Bonchev–Trinajstić information content (AvgIpc) is 2.25. The summed E-state index contributed by atoms with van der Waals surface area (Å²) in [6, 6.07) is 0. The van der Waals surface area contributed by atoms with Gasteiger partial charge in [-0.2, -0.15) is 5.10 Å². The van der Waals surface area contributed by atoms with Gasteiger partial charge in [0.25, 0.3) is 0 Å². The summed E-state index contributed by atoms with van der Waals surface area (Å²) >= 11 is 3.38. The Labute approximate surface area is 86.3 Å². The van der Waals surface area contributed by atoms with Gasteiger partial charge in [-0.1, -0.05) is 20.8 Å². The predicted molar refractivity (Wildman–Crippen MR) is 55.0 cm³/mol. The number of aromatic nitrogens is 2.